The largest absolute Gasteiger partial charge is 0.378 e. The Bertz CT molecular complexity index is 1680. The van der Waals surface area contributed by atoms with E-state index in [1.54, 1.807) is 12.7 Å². The zero-order valence-corrected chi connectivity index (χ0v) is 19.5. The summed E-state index contributed by atoms with van der Waals surface area (Å²) in [5.41, 5.74) is 6.44. The standard InChI is InChI=1S/C25H22N10O/c1-15-31-22-18(24-27-13-29-32-24)10-16(34-6-8-36-9-7-34)11-21(22)35(15)23-17-4-2-3-5-20(17)26-12-19(23)25-28-14-30-33-25/h2-5,10-14H,6-9H2,1H3,(H,27,29,32)(H,28,30,33). The smallest absolute Gasteiger partial charge is 0.164 e. The molecule has 11 heteroatoms. The predicted molar refractivity (Wildman–Crippen MR) is 135 cm³/mol. The van der Waals surface area contributed by atoms with Crippen molar-refractivity contribution in [1.29, 1.82) is 0 Å². The molecule has 1 aliphatic heterocycles. The highest BCUT2D eigenvalue weighted by molar-refractivity contribution is 5.99. The van der Waals surface area contributed by atoms with Crippen molar-refractivity contribution in [3.63, 3.8) is 0 Å². The molecule has 0 atom stereocenters. The van der Waals surface area contributed by atoms with Gasteiger partial charge in [0.2, 0.25) is 0 Å². The number of fused-ring (bicyclic) bond motifs is 2. The minimum atomic E-state index is 0.643. The van der Waals surface area contributed by atoms with Crippen molar-refractivity contribution in [1.82, 2.24) is 44.9 Å². The van der Waals surface area contributed by atoms with E-state index >= 15 is 0 Å². The van der Waals surface area contributed by atoms with Gasteiger partial charge in [-0.3, -0.25) is 9.55 Å². The highest BCUT2D eigenvalue weighted by Crippen LogP contribution is 2.38. The lowest BCUT2D eigenvalue weighted by atomic mass is 10.1. The van der Waals surface area contributed by atoms with E-state index in [0.29, 0.717) is 24.9 Å². The molecule has 2 aromatic carbocycles. The van der Waals surface area contributed by atoms with Gasteiger partial charge in [0, 0.05) is 35.9 Å². The number of rotatable bonds is 4. The van der Waals surface area contributed by atoms with Crippen molar-refractivity contribution in [3.05, 3.63) is 61.1 Å². The van der Waals surface area contributed by atoms with E-state index in [0.717, 1.165) is 63.4 Å². The average molecular weight is 479 g/mol. The number of imidazole rings is 1. The lowest BCUT2D eigenvalue weighted by molar-refractivity contribution is 0.122. The molecule has 0 saturated carbocycles. The number of para-hydroxylation sites is 1. The van der Waals surface area contributed by atoms with Gasteiger partial charge >= 0.3 is 0 Å². The maximum absolute atomic E-state index is 5.60. The molecule has 7 rings (SSSR count). The van der Waals surface area contributed by atoms with E-state index in [9.17, 15) is 0 Å². The molecule has 5 heterocycles. The molecule has 4 aromatic heterocycles. The van der Waals surface area contributed by atoms with Gasteiger partial charge in [-0.05, 0) is 25.1 Å². The molecule has 0 amide bonds. The quantitative estimate of drug-likeness (QED) is 0.395. The van der Waals surface area contributed by atoms with Crippen LogP contribution in [-0.4, -0.2) is 71.2 Å². The number of aryl methyl sites for hydroxylation is 1. The Labute approximate surface area is 205 Å². The number of nitrogens with one attached hydrogen (secondary N) is 2. The van der Waals surface area contributed by atoms with Crippen LogP contribution in [0, 0.1) is 6.92 Å². The van der Waals surface area contributed by atoms with Crippen molar-refractivity contribution < 1.29 is 4.74 Å². The molecule has 0 radical (unpaired) electrons. The normalized spacial score (nSPS) is 14.2. The first-order chi connectivity index (χ1) is 17.8. The van der Waals surface area contributed by atoms with E-state index in [-0.39, 0.29) is 0 Å². The third kappa shape index (κ3) is 3.24. The summed E-state index contributed by atoms with van der Waals surface area (Å²) in [5.74, 6) is 2.15. The summed E-state index contributed by atoms with van der Waals surface area (Å²) >= 11 is 0. The number of pyridine rings is 1. The predicted octanol–water partition coefficient (Wildman–Crippen LogP) is 3.29. The minimum Gasteiger partial charge on any atom is -0.378 e. The van der Waals surface area contributed by atoms with E-state index in [2.05, 4.69) is 58.0 Å². The first-order valence-corrected chi connectivity index (χ1v) is 11.7. The molecular weight excluding hydrogens is 456 g/mol. The van der Waals surface area contributed by atoms with Crippen LogP contribution in [0.5, 0.6) is 0 Å². The Balaban J connectivity index is 1.57. The number of nitrogens with zero attached hydrogens (tertiary/aromatic N) is 8. The van der Waals surface area contributed by atoms with Crippen molar-refractivity contribution in [2.24, 2.45) is 0 Å². The number of anilines is 1. The van der Waals surface area contributed by atoms with Gasteiger partial charge in [-0.1, -0.05) is 18.2 Å². The minimum absolute atomic E-state index is 0.643. The second-order valence-corrected chi connectivity index (χ2v) is 8.67. The van der Waals surface area contributed by atoms with Crippen molar-refractivity contribution in [3.8, 4) is 28.5 Å². The van der Waals surface area contributed by atoms with Crippen LogP contribution < -0.4 is 4.90 Å². The van der Waals surface area contributed by atoms with Crippen LogP contribution in [0.4, 0.5) is 5.69 Å². The molecule has 6 aromatic rings. The van der Waals surface area contributed by atoms with E-state index in [1.807, 2.05) is 31.3 Å². The van der Waals surface area contributed by atoms with Gasteiger partial charge in [-0.15, -0.1) is 20.4 Å². The van der Waals surface area contributed by atoms with Crippen LogP contribution >= 0.6 is 0 Å². The zero-order chi connectivity index (χ0) is 24.1. The number of aromatic nitrogens is 9. The molecule has 1 fully saturated rings. The number of aromatic amines is 2. The molecule has 0 spiro atoms. The number of H-pyrrole nitrogens is 2. The Morgan fingerprint density at radius 2 is 1.67 bits per heavy atom. The van der Waals surface area contributed by atoms with Gasteiger partial charge in [0.15, 0.2) is 11.6 Å². The highest BCUT2D eigenvalue weighted by Gasteiger charge is 2.23. The van der Waals surface area contributed by atoms with Crippen LogP contribution in [-0.2, 0) is 4.74 Å². The van der Waals surface area contributed by atoms with Crippen LogP contribution in [0.3, 0.4) is 0 Å². The molecule has 0 bridgehead atoms. The summed E-state index contributed by atoms with van der Waals surface area (Å²) in [6, 6.07) is 12.4. The molecule has 0 unspecified atom stereocenters. The molecular formula is C25H22N10O. The fourth-order valence-electron chi connectivity index (χ4n) is 4.96. The Kier molecular flexibility index (Phi) is 4.74. The second-order valence-electron chi connectivity index (χ2n) is 8.67. The Morgan fingerprint density at radius 1 is 0.917 bits per heavy atom. The van der Waals surface area contributed by atoms with E-state index < -0.39 is 0 Å². The van der Waals surface area contributed by atoms with Gasteiger partial charge in [0.05, 0.1) is 35.5 Å². The number of hydrogen-bond donors (Lipinski definition) is 2. The molecule has 1 aliphatic rings. The SMILES string of the molecule is Cc1nc2c(-c3nnc[nH]3)cc(N3CCOCC3)cc2n1-c1c(-c2nnc[nH]2)cnc2ccccc12. The third-order valence-electron chi connectivity index (χ3n) is 6.60. The topological polar surface area (TPSA) is 126 Å². The number of morpholine rings is 1. The maximum Gasteiger partial charge on any atom is 0.164 e. The lowest BCUT2D eigenvalue weighted by Crippen LogP contribution is -2.36. The molecule has 11 nitrogen and oxygen atoms in total. The summed E-state index contributed by atoms with van der Waals surface area (Å²) in [6.07, 6.45) is 5.00. The molecule has 0 aliphatic carbocycles. The van der Waals surface area contributed by atoms with Gasteiger partial charge < -0.3 is 19.6 Å². The van der Waals surface area contributed by atoms with E-state index in [1.165, 1.54) is 0 Å². The molecule has 178 valence electrons. The molecule has 2 N–H and O–H groups in total. The second kappa shape index (κ2) is 8.24. The number of ether oxygens (including phenoxy) is 1. The summed E-state index contributed by atoms with van der Waals surface area (Å²) in [6.45, 7) is 5.03. The monoisotopic (exact) mass is 478 g/mol. The summed E-state index contributed by atoms with van der Waals surface area (Å²) < 4.78 is 7.78. The average Bonchev–Trinajstić information content (AvgIpc) is 3.70. The Hall–Kier alpha value is -4.64. The van der Waals surface area contributed by atoms with Crippen LogP contribution in [0.15, 0.2) is 55.2 Å². The third-order valence-corrected chi connectivity index (χ3v) is 6.60. The van der Waals surface area contributed by atoms with Gasteiger partial charge in [-0.2, -0.15) is 0 Å². The van der Waals surface area contributed by atoms with Gasteiger partial charge in [0.25, 0.3) is 0 Å². The van der Waals surface area contributed by atoms with Crippen LogP contribution in [0.25, 0.3) is 50.4 Å². The summed E-state index contributed by atoms with van der Waals surface area (Å²) in [5, 5.41) is 17.6. The zero-order valence-electron chi connectivity index (χ0n) is 19.5. The highest BCUT2D eigenvalue weighted by atomic mass is 16.5. The summed E-state index contributed by atoms with van der Waals surface area (Å²) in [4.78, 5) is 18.4. The van der Waals surface area contributed by atoms with Crippen molar-refractivity contribution in [2.45, 2.75) is 6.92 Å². The van der Waals surface area contributed by atoms with E-state index in [4.69, 9.17) is 14.7 Å². The number of hydrogen-bond acceptors (Lipinski definition) is 8. The Morgan fingerprint density at radius 3 is 2.42 bits per heavy atom. The first kappa shape index (κ1) is 20.7. The fraction of sp³-hybridized carbons (Fsp3) is 0.200. The number of benzene rings is 2. The van der Waals surface area contributed by atoms with Gasteiger partial charge in [0.1, 0.15) is 24.0 Å². The first-order valence-electron chi connectivity index (χ1n) is 11.7. The van der Waals surface area contributed by atoms with Crippen molar-refractivity contribution >= 4 is 27.6 Å². The molecule has 36 heavy (non-hydrogen) atoms. The lowest BCUT2D eigenvalue weighted by Gasteiger charge is -2.29. The molecule has 1 saturated heterocycles. The van der Waals surface area contributed by atoms with Crippen LogP contribution in [0.2, 0.25) is 0 Å². The van der Waals surface area contributed by atoms with Gasteiger partial charge in [-0.25, -0.2) is 4.98 Å². The van der Waals surface area contributed by atoms with Crippen LogP contribution in [0.1, 0.15) is 5.82 Å². The fourth-order valence-corrected chi connectivity index (χ4v) is 4.96. The van der Waals surface area contributed by atoms with Crippen molar-refractivity contribution in [2.75, 3.05) is 31.2 Å². The maximum atomic E-state index is 5.60. The summed E-state index contributed by atoms with van der Waals surface area (Å²) in [7, 11) is 0.